The van der Waals surface area contributed by atoms with Crippen molar-refractivity contribution in [3.8, 4) is 5.63 Å². The van der Waals surface area contributed by atoms with Crippen molar-refractivity contribution in [3.63, 3.8) is 0 Å². The van der Waals surface area contributed by atoms with Gasteiger partial charge in [0.05, 0.1) is 0 Å². The van der Waals surface area contributed by atoms with Crippen molar-refractivity contribution in [2.45, 2.75) is 38.1 Å². The summed E-state index contributed by atoms with van der Waals surface area (Å²) < 4.78 is 9.92. The van der Waals surface area contributed by atoms with Crippen LogP contribution >= 0.6 is 7.92 Å². The first-order valence-electron chi connectivity index (χ1n) is 4.22. The molecule has 0 amide bonds. The van der Waals surface area contributed by atoms with E-state index in [1.165, 1.54) is 0 Å². The van der Waals surface area contributed by atoms with E-state index in [1.807, 2.05) is 0 Å². The molecular formula is C8H16NO4P. The summed E-state index contributed by atoms with van der Waals surface area (Å²) in [6.07, 6.45) is 3.79. The maximum Gasteiger partial charge on any atom is -0.412 e. The number of aliphatic carboxylic acids is 1. The van der Waals surface area contributed by atoms with E-state index in [9.17, 15) is 9.36 Å². The van der Waals surface area contributed by atoms with Crippen molar-refractivity contribution in [2.75, 3.05) is 0 Å². The topological polar surface area (TPSA) is 112 Å². The molecule has 0 aliphatic carbocycles. The molecule has 0 aliphatic heterocycles. The first-order valence-corrected chi connectivity index (χ1v) is 5.03. The SMILES string of the molecule is N[C@H](CCCCCC#P=O)C(=O)O.O. The van der Waals surface area contributed by atoms with Crippen LogP contribution in [0.4, 0.5) is 0 Å². The molecule has 0 rings (SSSR count). The molecule has 0 aliphatic rings. The van der Waals surface area contributed by atoms with Crippen molar-refractivity contribution in [1.82, 2.24) is 0 Å². The monoisotopic (exact) mass is 221 g/mol. The molecule has 0 unspecified atom stereocenters. The molecule has 5 N–H and O–H groups in total. The Morgan fingerprint density at radius 3 is 2.57 bits per heavy atom. The molecule has 0 bridgehead atoms. The Labute approximate surface area is 84.1 Å². The van der Waals surface area contributed by atoms with Gasteiger partial charge in [0, 0.05) is 0 Å². The molecule has 14 heavy (non-hydrogen) atoms. The Hall–Kier alpha value is -0.600. The number of hydrogen-bond donors (Lipinski definition) is 2. The van der Waals surface area contributed by atoms with Gasteiger partial charge in [-0.2, -0.15) is 0 Å². The summed E-state index contributed by atoms with van der Waals surface area (Å²) in [4.78, 5) is 10.3. The minimum absolute atomic E-state index is 0. The second kappa shape index (κ2) is 10.5. The van der Waals surface area contributed by atoms with Crippen molar-refractivity contribution in [1.29, 1.82) is 0 Å². The van der Waals surface area contributed by atoms with Crippen LogP contribution in [-0.4, -0.2) is 22.6 Å². The fourth-order valence-corrected chi connectivity index (χ4v) is 1.16. The van der Waals surface area contributed by atoms with Gasteiger partial charge in [-0.3, -0.25) is 0 Å². The van der Waals surface area contributed by atoms with Crippen molar-refractivity contribution >= 4 is 13.9 Å². The van der Waals surface area contributed by atoms with Crippen LogP contribution in [0.1, 0.15) is 32.1 Å². The maximum absolute atomic E-state index is 10.3. The second-order valence-corrected chi connectivity index (χ2v) is 3.29. The van der Waals surface area contributed by atoms with Gasteiger partial charge in [0.25, 0.3) is 0 Å². The van der Waals surface area contributed by atoms with Gasteiger partial charge in [0.2, 0.25) is 0 Å². The molecule has 0 radical (unpaired) electrons. The molecule has 0 saturated carbocycles. The number of nitrogens with two attached hydrogens (primary N) is 1. The van der Waals surface area contributed by atoms with Crippen molar-refractivity contribution in [2.24, 2.45) is 5.73 Å². The smallest absolute Gasteiger partial charge is 0.412 e. The van der Waals surface area contributed by atoms with Crippen LogP contribution < -0.4 is 5.73 Å². The zero-order chi connectivity index (χ0) is 10.1. The van der Waals surface area contributed by atoms with Crippen LogP contribution in [0, 0.1) is 5.63 Å². The van der Waals surface area contributed by atoms with Gasteiger partial charge in [0.1, 0.15) is 0 Å². The van der Waals surface area contributed by atoms with Gasteiger partial charge in [-0.1, -0.05) is 0 Å². The number of rotatable bonds is 6. The van der Waals surface area contributed by atoms with Crippen LogP contribution in [0.2, 0.25) is 0 Å². The Bertz CT molecular complexity index is 249. The summed E-state index contributed by atoms with van der Waals surface area (Å²) in [5, 5.41) is 8.44. The van der Waals surface area contributed by atoms with Crippen molar-refractivity contribution < 1.29 is 19.9 Å². The van der Waals surface area contributed by atoms with E-state index in [0.717, 1.165) is 19.3 Å². The molecule has 0 fully saturated rings. The molecule has 0 heterocycles. The number of carbonyl (C=O) groups is 1. The predicted molar refractivity (Wildman–Crippen MR) is 53.8 cm³/mol. The van der Waals surface area contributed by atoms with Crippen LogP contribution in [0.15, 0.2) is 0 Å². The quantitative estimate of drug-likeness (QED) is 0.509. The molecule has 1 atom stereocenters. The van der Waals surface area contributed by atoms with E-state index in [2.05, 4.69) is 5.63 Å². The van der Waals surface area contributed by atoms with Crippen LogP contribution in [0.5, 0.6) is 0 Å². The third-order valence-corrected chi connectivity index (χ3v) is 2.04. The molecular weight excluding hydrogens is 205 g/mol. The Balaban J connectivity index is 0. The zero-order valence-corrected chi connectivity index (χ0v) is 8.80. The summed E-state index contributed by atoms with van der Waals surface area (Å²) in [5.74, 6) is -0.948. The Morgan fingerprint density at radius 2 is 2.07 bits per heavy atom. The first-order chi connectivity index (χ1) is 6.18. The molecule has 0 saturated heterocycles. The predicted octanol–water partition coefficient (Wildman–Crippen LogP) is 0.775. The molecule has 6 heteroatoms. The minimum Gasteiger partial charge on any atom is -0.412 e. The normalized spacial score (nSPS) is 10.9. The molecule has 0 aromatic heterocycles. The van der Waals surface area contributed by atoms with E-state index in [4.69, 9.17) is 10.8 Å². The van der Waals surface area contributed by atoms with Crippen molar-refractivity contribution in [3.05, 3.63) is 0 Å². The average molecular weight is 221 g/mol. The minimum atomic E-state index is -0.948. The third kappa shape index (κ3) is 9.49. The Morgan fingerprint density at radius 1 is 1.43 bits per heavy atom. The third-order valence-electron chi connectivity index (χ3n) is 1.69. The molecule has 5 nitrogen and oxygen atoms in total. The summed E-state index contributed by atoms with van der Waals surface area (Å²) in [6.45, 7) is 0. The van der Waals surface area contributed by atoms with Gasteiger partial charge in [0.15, 0.2) is 0 Å². The van der Waals surface area contributed by atoms with Crippen LogP contribution in [0.25, 0.3) is 0 Å². The van der Waals surface area contributed by atoms with Gasteiger partial charge in [-0.05, 0) is 0 Å². The second-order valence-electron chi connectivity index (χ2n) is 2.79. The van der Waals surface area contributed by atoms with E-state index >= 15 is 0 Å². The van der Waals surface area contributed by atoms with Gasteiger partial charge >= 0.3 is 77.9 Å². The summed E-state index contributed by atoms with van der Waals surface area (Å²) in [6, 6.07) is -0.745. The Kier molecular flexibility index (Phi) is 11.9. The van der Waals surface area contributed by atoms with Gasteiger partial charge in [-0.15, -0.1) is 0 Å². The van der Waals surface area contributed by atoms with E-state index in [0.29, 0.717) is 12.8 Å². The molecule has 0 aromatic rings. The number of hydrogen-bond acceptors (Lipinski definition) is 3. The molecule has 0 spiro atoms. The van der Waals surface area contributed by atoms with Crippen LogP contribution in [-0.2, 0) is 9.36 Å². The first kappa shape index (κ1) is 15.9. The fraction of sp³-hybridized carbons (Fsp3) is 0.750. The van der Waals surface area contributed by atoms with Gasteiger partial charge < -0.3 is 5.48 Å². The molecule has 0 aromatic carbocycles. The molecule has 82 valence electrons. The standard InChI is InChI=1S/C8H14NO3P.H2O/c9-7(8(10)11)5-3-1-2-4-6-13-12;/h7H,1-5,9H2,(H,10,11);1H2/t7-;/m1./s1. The van der Waals surface area contributed by atoms with Crippen LogP contribution in [0.3, 0.4) is 0 Å². The van der Waals surface area contributed by atoms with E-state index in [-0.39, 0.29) is 13.4 Å². The summed E-state index contributed by atoms with van der Waals surface area (Å²) in [5.41, 5.74) is 7.92. The fourth-order valence-electron chi connectivity index (χ4n) is 0.914. The number of carboxylic acid groups (broad SMARTS) is 1. The summed E-state index contributed by atoms with van der Waals surface area (Å²) >= 11 is 0. The number of carboxylic acids is 1. The number of unbranched alkanes of at least 4 members (excludes halogenated alkanes) is 3. The zero-order valence-electron chi connectivity index (χ0n) is 7.90. The summed E-state index contributed by atoms with van der Waals surface area (Å²) in [7, 11) is -0.0529. The van der Waals surface area contributed by atoms with E-state index < -0.39 is 12.0 Å². The maximum atomic E-state index is 10.3. The average Bonchev–Trinajstić information content (AvgIpc) is 2.10. The largest absolute Gasteiger partial charge is 0.412 e. The van der Waals surface area contributed by atoms with Gasteiger partial charge in [-0.25, -0.2) is 0 Å². The van der Waals surface area contributed by atoms with E-state index in [1.54, 1.807) is 0 Å².